The molecule has 0 bridgehead atoms. The van der Waals surface area contributed by atoms with Gasteiger partial charge in [0.1, 0.15) is 0 Å². The van der Waals surface area contributed by atoms with Gasteiger partial charge in [0.15, 0.2) is 0 Å². The Labute approximate surface area is 157 Å². The lowest BCUT2D eigenvalue weighted by Gasteiger charge is -2.25. The van der Waals surface area contributed by atoms with Crippen LogP contribution in [-0.2, 0) is 6.54 Å². The molecule has 26 heavy (non-hydrogen) atoms. The molecule has 5 nitrogen and oxygen atoms in total. The van der Waals surface area contributed by atoms with E-state index >= 15 is 0 Å². The molecule has 0 N–H and O–H groups in total. The number of aryl methyl sites for hydroxylation is 1. The Bertz CT molecular complexity index is 921. The van der Waals surface area contributed by atoms with Gasteiger partial charge in [-0.05, 0) is 45.0 Å². The average molecular weight is 370 g/mol. The van der Waals surface area contributed by atoms with Crippen LogP contribution in [-0.4, -0.2) is 27.0 Å². The largest absolute Gasteiger partial charge is 0.419 e. The van der Waals surface area contributed by atoms with Crippen LogP contribution in [0.25, 0.3) is 11.5 Å². The molecule has 3 aromatic rings. The summed E-state index contributed by atoms with van der Waals surface area (Å²) in [5, 5.41) is 8.69. The van der Waals surface area contributed by atoms with Crippen molar-refractivity contribution in [2.24, 2.45) is 0 Å². The molecule has 1 aromatic heterocycles. The molecule has 0 aliphatic heterocycles. The Kier molecular flexibility index (Phi) is 5.38. The van der Waals surface area contributed by atoms with Crippen LogP contribution in [0.5, 0.6) is 0 Å². The van der Waals surface area contributed by atoms with E-state index in [0.29, 0.717) is 27.9 Å². The Morgan fingerprint density at radius 1 is 1.15 bits per heavy atom. The summed E-state index contributed by atoms with van der Waals surface area (Å²) in [5.74, 6) is 0.646. The summed E-state index contributed by atoms with van der Waals surface area (Å²) in [4.78, 5) is 14.6. The minimum atomic E-state index is -0.0683. The number of rotatable bonds is 5. The standard InChI is InChI=1S/C20H20ClN3O2/c1-13(2)24(20(25)15-8-6-7-14(3)11-15)12-18-22-23-19(26-18)16-9-4-5-10-17(16)21/h4-11,13H,12H2,1-3H3. The van der Waals surface area contributed by atoms with Gasteiger partial charge in [-0.1, -0.05) is 41.4 Å². The highest BCUT2D eigenvalue weighted by Crippen LogP contribution is 2.26. The number of aromatic nitrogens is 2. The zero-order chi connectivity index (χ0) is 18.7. The first-order chi connectivity index (χ1) is 12.5. The summed E-state index contributed by atoms with van der Waals surface area (Å²) in [6.07, 6.45) is 0. The van der Waals surface area contributed by atoms with Gasteiger partial charge in [0.2, 0.25) is 11.8 Å². The molecule has 0 aliphatic carbocycles. The van der Waals surface area contributed by atoms with Gasteiger partial charge in [-0.2, -0.15) is 0 Å². The highest BCUT2D eigenvalue weighted by Gasteiger charge is 2.22. The molecule has 0 atom stereocenters. The Hall–Kier alpha value is -2.66. The zero-order valence-electron chi connectivity index (χ0n) is 14.9. The molecule has 2 aromatic carbocycles. The molecule has 0 spiro atoms. The third-order valence-electron chi connectivity index (χ3n) is 4.03. The van der Waals surface area contributed by atoms with Gasteiger partial charge in [-0.3, -0.25) is 4.79 Å². The number of halogens is 1. The molecule has 0 saturated carbocycles. The van der Waals surface area contributed by atoms with Crippen molar-refractivity contribution in [3.05, 3.63) is 70.6 Å². The summed E-state index contributed by atoms with van der Waals surface area (Å²) >= 11 is 6.18. The Balaban J connectivity index is 1.83. The molecule has 1 heterocycles. The second-order valence-corrected chi connectivity index (χ2v) is 6.78. The first kappa shape index (κ1) is 18.1. The third kappa shape index (κ3) is 3.94. The average Bonchev–Trinajstić information content (AvgIpc) is 3.07. The van der Waals surface area contributed by atoms with E-state index in [2.05, 4.69) is 10.2 Å². The second-order valence-electron chi connectivity index (χ2n) is 6.38. The van der Waals surface area contributed by atoms with Crippen molar-refractivity contribution in [3.8, 4) is 11.5 Å². The SMILES string of the molecule is Cc1cccc(C(=O)N(Cc2nnc(-c3ccccc3Cl)o2)C(C)C)c1. The van der Waals surface area contributed by atoms with Crippen molar-refractivity contribution in [2.45, 2.75) is 33.4 Å². The van der Waals surface area contributed by atoms with Gasteiger partial charge in [-0.15, -0.1) is 10.2 Å². The molecular formula is C20H20ClN3O2. The van der Waals surface area contributed by atoms with Crippen LogP contribution in [0.2, 0.25) is 5.02 Å². The van der Waals surface area contributed by atoms with E-state index in [4.69, 9.17) is 16.0 Å². The predicted octanol–water partition coefficient (Wildman–Crippen LogP) is 4.75. The molecule has 3 rings (SSSR count). The minimum absolute atomic E-state index is 0.0151. The van der Waals surface area contributed by atoms with Crippen molar-refractivity contribution in [3.63, 3.8) is 0 Å². The van der Waals surface area contributed by atoms with E-state index < -0.39 is 0 Å². The molecule has 0 aliphatic rings. The van der Waals surface area contributed by atoms with Crippen molar-refractivity contribution < 1.29 is 9.21 Å². The van der Waals surface area contributed by atoms with Crippen LogP contribution in [0.3, 0.4) is 0 Å². The van der Waals surface area contributed by atoms with Crippen LogP contribution in [0.4, 0.5) is 0 Å². The first-order valence-electron chi connectivity index (χ1n) is 8.40. The maximum absolute atomic E-state index is 12.9. The van der Waals surface area contributed by atoms with Crippen LogP contribution in [0.1, 0.15) is 35.7 Å². The van der Waals surface area contributed by atoms with Gasteiger partial charge in [0, 0.05) is 11.6 Å². The normalized spacial score (nSPS) is 11.0. The van der Waals surface area contributed by atoms with E-state index in [9.17, 15) is 4.79 Å². The smallest absolute Gasteiger partial charge is 0.254 e. The lowest BCUT2D eigenvalue weighted by Crippen LogP contribution is -2.36. The Morgan fingerprint density at radius 2 is 1.92 bits per heavy atom. The maximum atomic E-state index is 12.9. The van der Waals surface area contributed by atoms with Crippen molar-refractivity contribution >= 4 is 17.5 Å². The van der Waals surface area contributed by atoms with Gasteiger partial charge in [0.05, 0.1) is 17.1 Å². The number of carbonyl (C=O) groups excluding carboxylic acids is 1. The van der Waals surface area contributed by atoms with E-state index in [-0.39, 0.29) is 18.5 Å². The number of hydrogen-bond acceptors (Lipinski definition) is 4. The summed E-state index contributed by atoms with van der Waals surface area (Å²) in [5.41, 5.74) is 2.36. The molecule has 0 radical (unpaired) electrons. The van der Waals surface area contributed by atoms with Crippen molar-refractivity contribution in [2.75, 3.05) is 0 Å². The quantitative estimate of drug-likeness (QED) is 0.651. The van der Waals surface area contributed by atoms with Crippen LogP contribution in [0, 0.1) is 6.92 Å². The number of carbonyl (C=O) groups is 1. The topological polar surface area (TPSA) is 59.2 Å². The summed E-state index contributed by atoms with van der Waals surface area (Å²) < 4.78 is 5.74. The molecule has 0 fully saturated rings. The number of amides is 1. The zero-order valence-corrected chi connectivity index (χ0v) is 15.7. The molecular weight excluding hydrogens is 350 g/mol. The van der Waals surface area contributed by atoms with Crippen LogP contribution < -0.4 is 0 Å². The maximum Gasteiger partial charge on any atom is 0.254 e. The molecule has 0 unspecified atom stereocenters. The van der Waals surface area contributed by atoms with Gasteiger partial charge in [-0.25, -0.2) is 0 Å². The first-order valence-corrected chi connectivity index (χ1v) is 8.78. The molecule has 0 saturated heterocycles. The third-order valence-corrected chi connectivity index (χ3v) is 4.36. The molecule has 134 valence electrons. The van der Waals surface area contributed by atoms with E-state index in [1.54, 1.807) is 11.0 Å². The van der Waals surface area contributed by atoms with E-state index in [0.717, 1.165) is 5.56 Å². The summed E-state index contributed by atoms with van der Waals surface area (Å²) in [7, 11) is 0. The van der Waals surface area contributed by atoms with E-state index in [1.165, 1.54) is 0 Å². The fraction of sp³-hybridized carbons (Fsp3) is 0.250. The number of hydrogen-bond donors (Lipinski definition) is 0. The summed E-state index contributed by atoms with van der Waals surface area (Å²) in [6.45, 7) is 6.12. The summed E-state index contributed by atoms with van der Waals surface area (Å²) in [6, 6.07) is 14.8. The lowest BCUT2D eigenvalue weighted by molar-refractivity contribution is 0.0672. The molecule has 6 heteroatoms. The highest BCUT2D eigenvalue weighted by atomic mass is 35.5. The second kappa shape index (κ2) is 7.70. The van der Waals surface area contributed by atoms with Gasteiger partial charge >= 0.3 is 0 Å². The van der Waals surface area contributed by atoms with Gasteiger partial charge in [0.25, 0.3) is 5.91 Å². The lowest BCUT2D eigenvalue weighted by atomic mass is 10.1. The van der Waals surface area contributed by atoms with Crippen LogP contribution >= 0.6 is 11.6 Å². The molecule has 1 amide bonds. The monoisotopic (exact) mass is 369 g/mol. The van der Waals surface area contributed by atoms with Crippen LogP contribution in [0.15, 0.2) is 52.9 Å². The van der Waals surface area contributed by atoms with Crippen molar-refractivity contribution in [1.82, 2.24) is 15.1 Å². The number of nitrogens with zero attached hydrogens (tertiary/aromatic N) is 3. The fourth-order valence-corrected chi connectivity index (χ4v) is 2.86. The van der Waals surface area contributed by atoms with Crippen molar-refractivity contribution in [1.29, 1.82) is 0 Å². The Morgan fingerprint density at radius 3 is 2.62 bits per heavy atom. The number of benzene rings is 2. The fourth-order valence-electron chi connectivity index (χ4n) is 2.64. The van der Waals surface area contributed by atoms with E-state index in [1.807, 2.05) is 63.2 Å². The predicted molar refractivity (Wildman–Crippen MR) is 101 cm³/mol. The highest BCUT2D eigenvalue weighted by molar-refractivity contribution is 6.33. The minimum Gasteiger partial charge on any atom is -0.419 e. The van der Waals surface area contributed by atoms with Gasteiger partial charge < -0.3 is 9.32 Å².